The Kier molecular flexibility index (Phi) is 17.2. The molecule has 0 spiro atoms. The molecule has 2 amide bonds. The van der Waals surface area contributed by atoms with Gasteiger partial charge >= 0.3 is 5.69 Å². The van der Waals surface area contributed by atoms with Crippen molar-refractivity contribution in [2.24, 2.45) is 4.99 Å². The van der Waals surface area contributed by atoms with Gasteiger partial charge in [-0.15, -0.1) is 21.5 Å². The number of carbonyl (C=O) groups excluding carboxylic acids is 2. The van der Waals surface area contributed by atoms with Gasteiger partial charge in [0.25, 0.3) is 0 Å². The van der Waals surface area contributed by atoms with E-state index < -0.39 is 12.1 Å². The van der Waals surface area contributed by atoms with Gasteiger partial charge in [-0.05, 0) is 89.1 Å². The first-order valence-electron chi connectivity index (χ1n) is 25.1. The molecule has 6 aromatic heterocycles. The number of nitrogens with one attached hydrogen (secondary N) is 2. The lowest BCUT2D eigenvalue weighted by Crippen LogP contribution is -2.35. The van der Waals surface area contributed by atoms with Gasteiger partial charge in [-0.1, -0.05) is 29.8 Å². The summed E-state index contributed by atoms with van der Waals surface area (Å²) in [6, 6.07) is 16.0. The van der Waals surface area contributed by atoms with Crippen molar-refractivity contribution in [1.29, 1.82) is 0 Å². The van der Waals surface area contributed by atoms with E-state index in [0.29, 0.717) is 97.0 Å². The van der Waals surface area contributed by atoms with Crippen LogP contribution in [0.5, 0.6) is 5.75 Å². The number of ether oxygens (including phenoxy) is 5. The summed E-state index contributed by atoms with van der Waals surface area (Å²) in [6.45, 7) is 14.9. The van der Waals surface area contributed by atoms with Crippen molar-refractivity contribution >= 4 is 62.4 Å². The highest BCUT2D eigenvalue weighted by atomic mass is 35.5. The van der Waals surface area contributed by atoms with E-state index in [1.807, 2.05) is 86.9 Å². The SMILES string of the molecule is COc1cc2c(cc1-c1c(C)coc1C)ncc1c2n([C@H](C)c2ccccn2)c(=O)n1CC(=O)NCCOCCOCCOCCOCCNC(=O)C[C@@H]1N=C(c2ccc(Cl)cc2)c2c(sc(C)c2C)-n2c(C)nnc21. The molecule has 0 unspecified atom stereocenters. The van der Waals surface area contributed by atoms with Gasteiger partial charge in [-0.3, -0.25) is 38.3 Å². The van der Waals surface area contributed by atoms with Crippen LogP contribution in [0.3, 0.4) is 0 Å². The summed E-state index contributed by atoms with van der Waals surface area (Å²) in [6.07, 6.45) is 5.12. The number of pyridine rings is 2. The number of benzene rings is 2. The Bertz CT molecular complexity index is 3440. The topological polar surface area (TPSA) is 213 Å². The third-order valence-corrected chi connectivity index (χ3v) is 14.8. The molecule has 0 aliphatic carbocycles. The zero-order chi connectivity index (χ0) is 53.5. The van der Waals surface area contributed by atoms with E-state index in [4.69, 9.17) is 49.7 Å². The summed E-state index contributed by atoms with van der Waals surface area (Å²) in [7, 11) is 1.61. The van der Waals surface area contributed by atoms with Gasteiger partial charge in [0, 0.05) is 56.8 Å². The lowest BCUT2D eigenvalue weighted by atomic mass is 9.99. The molecule has 76 heavy (non-hydrogen) atoms. The summed E-state index contributed by atoms with van der Waals surface area (Å²) in [5.41, 5.74) is 8.62. The first-order valence-corrected chi connectivity index (χ1v) is 26.3. The van der Waals surface area contributed by atoms with Crippen LogP contribution in [-0.4, -0.2) is 124 Å². The Hall–Kier alpha value is -7.07. The number of aryl methyl sites for hydroxylation is 4. The van der Waals surface area contributed by atoms with Crippen LogP contribution in [0.4, 0.5) is 0 Å². The van der Waals surface area contributed by atoms with Gasteiger partial charge < -0.3 is 38.7 Å². The number of imidazole rings is 1. The quantitative estimate of drug-likeness (QED) is 0.0555. The highest BCUT2D eigenvalue weighted by molar-refractivity contribution is 7.15. The van der Waals surface area contributed by atoms with Crippen molar-refractivity contribution in [3.8, 4) is 21.9 Å². The van der Waals surface area contributed by atoms with Gasteiger partial charge in [-0.2, -0.15) is 0 Å². The molecule has 2 aromatic carbocycles. The molecule has 0 bridgehead atoms. The fourth-order valence-corrected chi connectivity index (χ4v) is 10.8. The normalized spacial score (nSPS) is 13.6. The van der Waals surface area contributed by atoms with Crippen molar-refractivity contribution in [3.05, 3.63) is 139 Å². The van der Waals surface area contributed by atoms with Gasteiger partial charge in [0.2, 0.25) is 11.8 Å². The van der Waals surface area contributed by atoms with Crippen LogP contribution >= 0.6 is 22.9 Å². The molecule has 2 N–H and O–H groups in total. The van der Waals surface area contributed by atoms with Crippen molar-refractivity contribution in [2.45, 2.75) is 66.6 Å². The Labute approximate surface area is 448 Å². The minimum atomic E-state index is -0.562. The van der Waals surface area contributed by atoms with E-state index in [0.717, 1.165) is 55.7 Å². The predicted octanol–water partition coefficient (Wildman–Crippen LogP) is 7.74. The molecule has 21 heteroatoms. The highest BCUT2D eigenvalue weighted by Crippen LogP contribution is 2.41. The van der Waals surface area contributed by atoms with Crippen LogP contribution < -0.4 is 21.1 Å². The van der Waals surface area contributed by atoms with Crippen LogP contribution in [0.15, 0.2) is 87.5 Å². The second kappa shape index (κ2) is 24.3. The van der Waals surface area contributed by atoms with Gasteiger partial charge in [0.05, 0.1) is 113 Å². The molecule has 8 aromatic rings. The molecule has 1 aliphatic heterocycles. The van der Waals surface area contributed by atoms with Crippen molar-refractivity contribution < 1.29 is 37.7 Å². The number of aliphatic imine (C=N–C) groups is 1. The maximum Gasteiger partial charge on any atom is 0.330 e. The lowest BCUT2D eigenvalue weighted by Gasteiger charge is -2.15. The minimum Gasteiger partial charge on any atom is -0.496 e. The van der Waals surface area contributed by atoms with E-state index >= 15 is 0 Å². The van der Waals surface area contributed by atoms with Crippen molar-refractivity contribution in [3.63, 3.8) is 0 Å². The summed E-state index contributed by atoms with van der Waals surface area (Å²) in [5, 5.41) is 17.0. The third kappa shape index (κ3) is 11.5. The highest BCUT2D eigenvalue weighted by Gasteiger charge is 2.33. The number of carbonyl (C=O) groups is 2. The molecule has 0 saturated heterocycles. The molecule has 0 fully saturated rings. The first-order chi connectivity index (χ1) is 36.8. The molecular formula is C55H61ClN10O9S. The molecule has 1 aliphatic rings. The molecule has 0 radical (unpaired) electrons. The van der Waals surface area contributed by atoms with E-state index in [1.165, 1.54) is 9.44 Å². The monoisotopic (exact) mass is 1070 g/mol. The van der Waals surface area contributed by atoms with Crippen molar-refractivity contribution in [1.82, 2.24) is 44.5 Å². The first kappa shape index (κ1) is 53.7. The molecule has 9 rings (SSSR count). The zero-order valence-corrected chi connectivity index (χ0v) is 45.2. The second-order valence-electron chi connectivity index (χ2n) is 18.3. The van der Waals surface area contributed by atoms with Gasteiger partial charge in [0.1, 0.15) is 34.9 Å². The number of thiophene rings is 1. The van der Waals surface area contributed by atoms with Crippen LogP contribution in [0.1, 0.15) is 75.7 Å². The molecule has 398 valence electrons. The number of aromatic nitrogens is 7. The number of halogens is 1. The number of rotatable bonds is 24. The summed E-state index contributed by atoms with van der Waals surface area (Å²) in [5.74, 6) is 2.16. The van der Waals surface area contributed by atoms with Crippen molar-refractivity contribution in [2.75, 3.05) is 73.1 Å². The standard InChI is InChI=1S/C55H61ClN10O9S/c1-32-31-75-35(4)49(32)41-26-43-40(27-46(41)70-7)52-45(29-60-43)64(55(69)65(52)34(3)42-10-8-9-15-57-42)30-48(68)59-17-19-72-21-23-74-25-24-73-22-20-71-18-16-58-47(67)28-44-53-63-62-37(6)66(53)54-50(33(2)36(5)76-54)51(61-44)38-11-13-39(56)14-12-38/h8-15,26-27,29,31,34,44H,16-25,28,30H2,1-7H3,(H,58,67)(H,59,68)/t34-,44+/m1/s1. The maximum absolute atomic E-state index is 14.3. The Morgan fingerprint density at radius 3 is 2.17 bits per heavy atom. The number of furan rings is 1. The average Bonchev–Trinajstić information content (AvgIpc) is 4.13. The fraction of sp³-hybridized carbons (Fsp3) is 0.382. The summed E-state index contributed by atoms with van der Waals surface area (Å²) >= 11 is 7.90. The number of nitrogens with zero attached hydrogens (tertiary/aromatic N) is 8. The number of hydrogen-bond acceptors (Lipinski definition) is 15. The smallest absolute Gasteiger partial charge is 0.330 e. The van der Waals surface area contributed by atoms with E-state index in [1.54, 1.807) is 41.7 Å². The largest absolute Gasteiger partial charge is 0.496 e. The molecule has 0 saturated carbocycles. The minimum absolute atomic E-state index is 0.0847. The Morgan fingerprint density at radius 2 is 1.53 bits per heavy atom. The average molecular weight is 1070 g/mol. The van der Waals surface area contributed by atoms with Crippen LogP contribution in [-0.2, 0) is 35.1 Å². The summed E-state index contributed by atoms with van der Waals surface area (Å²) in [4.78, 5) is 56.6. The number of amides is 2. The third-order valence-electron chi connectivity index (χ3n) is 13.3. The Morgan fingerprint density at radius 1 is 0.842 bits per heavy atom. The number of methoxy groups -OCH3 is 1. The van der Waals surface area contributed by atoms with E-state index in [-0.39, 0.29) is 43.6 Å². The van der Waals surface area contributed by atoms with Crippen LogP contribution in [0, 0.1) is 34.6 Å². The van der Waals surface area contributed by atoms with Gasteiger partial charge in [-0.25, -0.2) is 4.79 Å². The zero-order valence-electron chi connectivity index (χ0n) is 43.6. The van der Waals surface area contributed by atoms with Crippen LogP contribution in [0.25, 0.3) is 38.1 Å². The summed E-state index contributed by atoms with van der Waals surface area (Å²) < 4.78 is 39.4. The fourth-order valence-electron chi connectivity index (χ4n) is 9.45. The van der Waals surface area contributed by atoms with Crippen LogP contribution in [0.2, 0.25) is 5.02 Å². The van der Waals surface area contributed by atoms with E-state index in [9.17, 15) is 14.4 Å². The van der Waals surface area contributed by atoms with E-state index in [2.05, 4.69) is 39.7 Å². The number of hydrogen-bond donors (Lipinski definition) is 2. The number of fused-ring (bicyclic) bond motifs is 6. The predicted molar refractivity (Wildman–Crippen MR) is 290 cm³/mol. The molecule has 19 nitrogen and oxygen atoms in total. The Balaban J connectivity index is 0.680. The second-order valence-corrected chi connectivity index (χ2v) is 20.0. The lowest BCUT2D eigenvalue weighted by molar-refractivity contribution is -0.122. The maximum atomic E-state index is 14.3. The molecule has 7 heterocycles. The van der Waals surface area contributed by atoms with Gasteiger partial charge in [0.15, 0.2) is 5.82 Å². The molecule has 2 atom stereocenters. The molecular weight excluding hydrogens is 1010 g/mol.